The highest BCUT2D eigenvalue weighted by Gasteiger charge is 2.03. The Morgan fingerprint density at radius 2 is 1.14 bits per heavy atom. The minimum atomic E-state index is 0.660. The second-order valence-corrected chi connectivity index (χ2v) is 6.19. The van der Waals surface area contributed by atoms with Gasteiger partial charge in [0.25, 0.3) is 0 Å². The van der Waals surface area contributed by atoms with E-state index >= 15 is 0 Å². The smallest absolute Gasteiger partial charge is 0.0148 e. The third-order valence-corrected chi connectivity index (χ3v) is 4.57. The van der Waals surface area contributed by atoms with Gasteiger partial charge < -0.3 is 0 Å². The number of benzene rings is 3. The van der Waals surface area contributed by atoms with Crippen LogP contribution in [0, 0.1) is 0 Å². The average Bonchev–Trinajstić information content (AvgIpc) is 2.57. The summed E-state index contributed by atoms with van der Waals surface area (Å²) in [4.78, 5) is 0. The lowest BCUT2D eigenvalue weighted by Gasteiger charge is -2.09. The molecule has 0 aliphatic carbocycles. The van der Waals surface area contributed by atoms with Crippen molar-refractivity contribution in [2.45, 2.75) is 0 Å². The molecule has 0 saturated heterocycles. The fraction of sp³-hybridized carbons (Fsp3) is 0. The minimum absolute atomic E-state index is 0.660. The molecule has 0 heterocycles. The van der Waals surface area contributed by atoms with Gasteiger partial charge in [0.1, 0.15) is 0 Å². The Morgan fingerprint density at radius 3 is 1.76 bits per heavy atom. The van der Waals surface area contributed by atoms with Gasteiger partial charge in [-0.05, 0) is 27.8 Å². The van der Waals surface area contributed by atoms with Crippen molar-refractivity contribution in [3.05, 3.63) is 102 Å². The third kappa shape index (κ3) is 3.90. The Labute approximate surface area is 128 Å². The fourth-order valence-electron chi connectivity index (χ4n) is 2.20. The van der Waals surface area contributed by atoms with Gasteiger partial charge in [0.05, 0.1) is 0 Å². The molecule has 0 nitrogen and oxygen atoms in total. The van der Waals surface area contributed by atoms with Crippen molar-refractivity contribution in [2.24, 2.45) is 0 Å². The molecule has 0 N–H and O–H groups in total. The molecule has 1 heteroatoms. The fourth-order valence-corrected chi connectivity index (χ4v) is 3.42. The highest BCUT2D eigenvalue weighted by atomic mass is 31.1. The van der Waals surface area contributed by atoms with Crippen molar-refractivity contribution >= 4 is 25.3 Å². The summed E-state index contributed by atoms with van der Waals surface area (Å²) in [7, 11) is 0.660. The number of rotatable bonds is 4. The summed E-state index contributed by atoms with van der Waals surface area (Å²) in [6.45, 7) is 0. The second-order valence-electron chi connectivity index (χ2n) is 4.83. The summed E-state index contributed by atoms with van der Waals surface area (Å²) in [6, 6.07) is 31.8. The molecule has 21 heavy (non-hydrogen) atoms. The third-order valence-electron chi connectivity index (χ3n) is 3.25. The van der Waals surface area contributed by atoms with Gasteiger partial charge in [-0.25, -0.2) is 0 Å². The summed E-state index contributed by atoms with van der Waals surface area (Å²) in [5, 5.41) is 2.73. The van der Waals surface area contributed by atoms with Gasteiger partial charge in [0, 0.05) is 0 Å². The van der Waals surface area contributed by atoms with Crippen LogP contribution in [0.1, 0.15) is 11.1 Å². The Morgan fingerprint density at radius 1 is 0.619 bits per heavy atom. The zero-order valence-corrected chi connectivity index (χ0v) is 12.7. The molecular formula is C20H17P. The normalized spacial score (nSPS) is 11.9. The molecule has 0 amide bonds. The molecule has 0 fully saturated rings. The molecule has 102 valence electrons. The van der Waals surface area contributed by atoms with Gasteiger partial charge in [-0.2, -0.15) is 0 Å². The predicted molar refractivity (Wildman–Crippen MR) is 95.1 cm³/mol. The maximum atomic E-state index is 2.29. The second kappa shape index (κ2) is 7.02. The van der Waals surface area contributed by atoms with Crippen LogP contribution in [-0.2, 0) is 0 Å². The van der Waals surface area contributed by atoms with Crippen LogP contribution in [0.2, 0.25) is 0 Å². The van der Waals surface area contributed by atoms with Gasteiger partial charge in [0.15, 0.2) is 0 Å². The first kappa shape index (κ1) is 13.8. The topological polar surface area (TPSA) is 0 Å². The van der Waals surface area contributed by atoms with E-state index in [4.69, 9.17) is 0 Å². The lowest BCUT2D eigenvalue weighted by Crippen LogP contribution is -1.92. The van der Waals surface area contributed by atoms with Crippen LogP contribution in [0.25, 0.3) is 11.4 Å². The van der Waals surface area contributed by atoms with Crippen LogP contribution < -0.4 is 5.30 Å². The summed E-state index contributed by atoms with van der Waals surface area (Å²) in [5.74, 6) is 0. The monoisotopic (exact) mass is 288 g/mol. The number of hydrogen-bond donors (Lipinski definition) is 0. The Bertz CT molecular complexity index is 701. The summed E-state index contributed by atoms with van der Waals surface area (Å²) in [5.41, 5.74) is 2.54. The molecule has 0 aromatic heterocycles. The summed E-state index contributed by atoms with van der Waals surface area (Å²) >= 11 is 0. The van der Waals surface area contributed by atoms with Crippen LogP contribution in [-0.4, -0.2) is 0 Å². The van der Waals surface area contributed by atoms with E-state index < -0.39 is 0 Å². The average molecular weight is 288 g/mol. The van der Waals surface area contributed by atoms with Gasteiger partial charge in [0.2, 0.25) is 0 Å². The Balaban J connectivity index is 1.97. The minimum Gasteiger partial charge on any atom is -0.0622 e. The SMILES string of the molecule is C(=C(/Pc1ccccc1)c1ccccc1)/c1ccccc1. The van der Waals surface area contributed by atoms with Crippen LogP contribution in [0.15, 0.2) is 91.0 Å². The summed E-state index contributed by atoms with van der Waals surface area (Å²) in [6.07, 6.45) is 2.29. The van der Waals surface area contributed by atoms with Crippen LogP contribution in [0.4, 0.5) is 0 Å². The molecule has 0 aliphatic heterocycles. The van der Waals surface area contributed by atoms with E-state index in [0.29, 0.717) is 8.58 Å². The maximum absolute atomic E-state index is 2.29. The molecule has 3 aromatic carbocycles. The largest absolute Gasteiger partial charge is 0.0622 e. The predicted octanol–water partition coefficient (Wildman–Crippen LogP) is 5.19. The molecule has 0 spiro atoms. The molecule has 1 atom stereocenters. The van der Waals surface area contributed by atoms with Gasteiger partial charge in [-0.1, -0.05) is 99.6 Å². The first-order valence-corrected chi connectivity index (χ1v) is 8.06. The van der Waals surface area contributed by atoms with Crippen molar-refractivity contribution in [3.63, 3.8) is 0 Å². The van der Waals surface area contributed by atoms with Gasteiger partial charge >= 0.3 is 0 Å². The summed E-state index contributed by atoms with van der Waals surface area (Å²) < 4.78 is 0. The quantitative estimate of drug-likeness (QED) is 0.458. The molecule has 0 bridgehead atoms. The molecule has 3 rings (SSSR count). The molecule has 1 unspecified atom stereocenters. The van der Waals surface area contributed by atoms with Crippen LogP contribution >= 0.6 is 8.58 Å². The van der Waals surface area contributed by atoms with E-state index in [2.05, 4.69) is 97.1 Å². The first-order valence-electron chi connectivity index (χ1n) is 7.06. The highest BCUT2D eigenvalue weighted by Crippen LogP contribution is 2.34. The molecule has 0 radical (unpaired) electrons. The van der Waals surface area contributed by atoms with E-state index in [1.165, 1.54) is 21.7 Å². The van der Waals surface area contributed by atoms with Crippen molar-refractivity contribution in [1.82, 2.24) is 0 Å². The Hall–Kier alpha value is -2.17. The highest BCUT2D eigenvalue weighted by molar-refractivity contribution is 7.58. The van der Waals surface area contributed by atoms with E-state index in [1.54, 1.807) is 0 Å². The van der Waals surface area contributed by atoms with Gasteiger partial charge in [-0.15, -0.1) is 0 Å². The molecule has 0 aliphatic rings. The first-order chi connectivity index (χ1) is 10.4. The zero-order chi connectivity index (χ0) is 14.3. The van der Waals surface area contributed by atoms with Crippen molar-refractivity contribution in [2.75, 3.05) is 0 Å². The van der Waals surface area contributed by atoms with Crippen LogP contribution in [0.3, 0.4) is 0 Å². The van der Waals surface area contributed by atoms with Gasteiger partial charge in [-0.3, -0.25) is 0 Å². The van der Waals surface area contributed by atoms with E-state index in [0.717, 1.165) is 0 Å². The number of hydrogen-bond acceptors (Lipinski definition) is 0. The molecular weight excluding hydrogens is 271 g/mol. The van der Waals surface area contributed by atoms with E-state index in [-0.39, 0.29) is 0 Å². The molecule has 3 aromatic rings. The standard InChI is InChI=1S/C20H17P/c1-4-10-17(11-5-1)16-20(18-12-6-2-7-13-18)21-19-14-8-3-9-15-19/h1-16,21H/b20-16-. The zero-order valence-electron chi connectivity index (χ0n) is 11.7. The van der Waals surface area contributed by atoms with Crippen molar-refractivity contribution < 1.29 is 0 Å². The lowest BCUT2D eigenvalue weighted by atomic mass is 10.1. The lowest BCUT2D eigenvalue weighted by molar-refractivity contribution is 1.64. The molecule has 0 saturated carbocycles. The van der Waals surface area contributed by atoms with Crippen molar-refractivity contribution in [3.8, 4) is 0 Å². The van der Waals surface area contributed by atoms with E-state index in [9.17, 15) is 0 Å². The van der Waals surface area contributed by atoms with E-state index in [1.807, 2.05) is 0 Å². The van der Waals surface area contributed by atoms with Crippen molar-refractivity contribution in [1.29, 1.82) is 0 Å². The maximum Gasteiger partial charge on any atom is -0.0148 e. The Kier molecular flexibility index (Phi) is 4.61. The van der Waals surface area contributed by atoms with Crippen LogP contribution in [0.5, 0.6) is 0 Å².